The van der Waals surface area contributed by atoms with Crippen LogP contribution in [0.5, 0.6) is 5.75 Å². The van der Waals surface area contributed by atoms with Crippen molar-refractivity contribution >= 4 is 27.5 Å². The van der Waals surface area contributed by atoms with Crippen molar-refractivity contribution in [3.05, 3.63) is 89.2 Å². The smallest absolute Gasteiger partial charge is 0.224 e. The molecule has 8 heteroatoms. The number of carbonyl (C=O) groups excluding carboxylic acids is 1. The van der Waals surface area contributed by atoms with Gasteiger partial charge in [-0.2, -0.15) is 0 Å². The van der Waals surface area contributed by atoms with Crippen molar-refractivity contribution in [1.29, 1.82) is 0 Å². The third-order valence-corrected chi connectivity index (χ3v) is 7.47. The number of ether oxygens (including phenoxy) is 1. The average Bonchev–Trinajstić information content (AvgIpc) is 3.40. The summed E-state index contributed by atoms with van der Waals surface area (Å²) in [4.78, 5) is 24.4. The zero-order chi connectivity index (χ0) is 24.7. The average molecular weight is 503 g/mol. The predicted molar refractivity (Wildman–Crippen MR) is 141 cm³/mol. The number of benzene rings is 2. The molecule has 0 saturated carbocycles. The largest absolute Gasteiger partial charge is 0.492 e. The maximum atomic E-state index is 13.3. The predicted octanol–water partition coefficient (Wildman–Crippen LogP) is 4.18. The lowest BCUT2D eigenvalue weighted by atomic mass is 9.94. The number of fused-ring (bicyclic) bond motifs is 1. The van der Waals surface area contributed by atoms with Gasteiger partial charge >= 0.3 is 0 Å². The van der Waals surface area contributed by atoms with E-state index in [0.717, 1.165) is 65.3 Å². The van der Waals surface area contributed by atoms with Crippen molar-refractivity contribution in [3.63, 3.8) is 0 Å². The molecule has 1 atom stereocenters. The fourth-order valence-corrected chi connectivity index (χ4v) is 5.35. The number of hydrogen-bond acceptors (Lipinski definition) is 7. The highest BCUT2D eigenvalue weighted by Crippen LogP contribution is 2.25. The van der Waals surface area contributed by atoms with E-state index in [1.54, 1.807) is 17.5 Å². The van der Waals surface area contributed by atoms with E-state index in [0.29, 0.717) is 6.61 Å². The van der Waals surface area contributed by atoms with Crippen molar-refractivity contribution in [3.8, 4) is 5.75 Å². The number of nitrogens with one attached hydrogen (secondary N) is 1. The van der Waals surface area contributed by atoms with Crippen molar-refractivity contribution in [2.75, 3.05) is 26.2 Å². The summed E-state index contributed by atoms with van der Waals surface area (Å²) in [7, 11) is 0. The molecule has 2 N–H and O–H groups in total. The Morgan fingerprint density at radius 3 is 2.81 bits per heavy atom. The molecule has 1 aliphatic rings. The lowest BCUT2D eigenvalue weighted by Gasteiger charge is -2.32. The van der Waals surface area contributed by atoms with Crippen LogP contribution in [0.4, 0.5) is 0 Å². The minimum atomic E-state index is -0.354. The van der Waals surface area contributed by atoms with Crippen LogP contribution in [0.3, 0.4) is 0 Å². The molecule has 4 aromatic rings. The number of rotatable bonds is 9. The highest BCUT2D eigenvalue weighted by atomic mass is 32.1. The third-order valence-electron chi connectivity index (χ3n) is 6.67. The summed E-state index contributed by atoms with van der Waals surface area (Å²) in [5, 5.41) is 12.8. The van der Waals surface area contributed by atoms with Crippen LogP contribution in [-0.4, -0.2) is 52.1 Å². The Kier molecular flexibility index (Phi) is 7.85. The molecular formula is C28H30N4O3S. The van der Waals surface area contributed by atoms with Crippen molar-refractivity contribution in [1.82, 2.24) is 20.2 Å². The minimum Gasteiger partial charge on any atom is -0.492 e. The van der Waals surface area contributed by atoms with Gasteiger partial charge in [0.15, 0.2) is 0 Å². The van der Waals surface area contributed by atoms with E-state index in [9.17, 15) is 9.90 Å². The number of amides is 1. The van der Waals surface area contributed by atoms with Crippen LogP contribution in [0, 0.1) is 5.92 Å². The van der Waals surface area contributed by atoms with Gasteiger partial charge in [0.1, 0.15) is 12.4 Å². The topological polar surface area (TPSA) is 87.6 Å². The molecule has 0 spiro atoms. The van der Waals surface area contributed by atoms with Crippen molar-refractivity contribution in [2.45, 2.75) is 25.5 Å². The van der Waals surface area contributed by atoms with Gasteiger partial charge in [-0.1, -0.05) is 30.3 Å². The molecule has 36 heavy (non-hydrogen) atoms. The van der Waals surface area contributed by atoms with Gasteiger partial charge in [-0.25, -0.2) is 4.98 Å². The van der Waals surface area contributed by atoms with Crippen LogP contribution in [-0.2, 0) is 11.4 Å². The molecule has 5 rings (SSSR count). The van der Waals surface area contributed by atoms with Crippen LogP contribution < -0.4 is 10.1 Å². The monoisotopic (exact) mass is 502 g/mol. The van der Waals surface area contributed by atoms with Crippen molar-refractivity contribution < 1.29 is 14.6 Å². The molecule has 1 amide bonds. The van der Waals surface area contributed by atoms with Crippen LogP contribution in [0.2, 0.25) is 0 Å². The summed E-state index contributed by atoms with van der Waals surface area (Å²) in [5.41, 5.74) is 5.36. The number of nitrogens with zero attached hydrogens (tertiary/aromatic N) is 3. The molecular weight excluding hydrogens is 472 g/mol. The number of aliphatic hydroxyl groups excluding tert-OH is 1. The molecule has 1 aliphatic heterocycles. The SMILES string of the molecule is O=C(NC(c1cccc(CO)c1)c1ccccn1)C1CCN(CCOc2ccc3ncsc3c2)CC1. The van der Waals surface area contributed by atoms with E-state index in [1.807, 2.05) is 66.2 Å². The van der Waals surface area contributed by atoms with Gasteiger partial charge < -0.3 is 15.2 Å². The number of hydrogen-bond donors (Lipinski definition) is 2. The third kappa shape index (κ3) is 5.90. The first kappa shape index (κ1) is 24.4. The highest BCUT2D eigenvalue weighted by molar-refractivity contribution is 7.16. The number of aliphatic hydroxyl groups is 1. The molecule has 0 aliphatic carbocycles. The molecule has 1 fully saturated rings. The van der Waals surface area contributed by atoms with Crippen LogP contribution in [0.1, 0.15) is 35.7 Å². The van der Waals surface area contributed by atoms with E-state index in [1.165, 1.54) is 0 Å². The van der Waals surface area contributed by atoms with E-state index in [2.05, 4.69) is 20.2 Å². The number of aromatic nitrogens is 2. The first-order chi connectivity index (χ1) is 17.7. The summed E-state index contributed by atoms with van der Waals surface area (Å²) >= 11 is 1.61. The maximum absolute atomic E-state index is 13.3. The lowest BCUT2D eigenvalue weighted by Crippen LogP contribution is -2.43. The molecule has 2 aromatic heterocycles. The fraction of sp³-hybridized carbons (Fsp3) is 0.321. The Bertz CT molecular complexity index is 1290. The Balaban J connectivity index is 1.14. The number of carbonyl (C=O) groups is 1. The quantitative estimate of drug-likeness (QED) is 0.357. The van der Waals surface area contributed by atoms with Gasteiger partial charge in [-0.3, -0.25) is 14.7 Å². The molecule has 2 aromatic carbocycles. The second-order valence-corrected chi connectivity index (χ2v) is 9.93. The summed E-state index contributed by atoms with van der Waals surface area (Å²) in [6, 6.07) is 19.0. The minimum absolute atomic E-state index is 0.0388. The van der Waals surface area contributed by atoms with E-state index < -0.39 is 0 Å². The van der Waals surface area contributed by atoms with Gasteiger partial charge in [-0.05, 0) is 67.4 Å². The number of pyridine rings is 1. The van der Waals surface area contributed by atoms with Gasteiger partial charge in [0, 0.05) is 18.7 Å². The maximum Gasteiger partial charge on any atom is 0.224 e. The summed E-state index contributed by atoms with van der Waals surface area (Å²) in [6.45, 7) is 3.13. The fourth-order valence-electron chi connectivity index (χ4n) is 4.64. The van der Waals surface area contributed by atoms with Crippen LogP contribution >= 0.6 is 11.3 Å². The van der Waals surface area contributed by atoms with Gasteiger partial charge in [0.05, 0.1) is 34.1 Å². The van der Waals surface area contributed by atoms with Gasteiger partial charge in [0.2, 0.25) is 5.91 Å². The zero-order valence-electron chi connectivity index (χ0n) is 20.0. The standard InChI is InChI=1S/C28H30N4O3S/c33-18-20-4-3-5-22(16-20)27(25-6-1-2-11-29-25)31-28(34)21-9-12-32(13-10-21)14-15-35-23-7-8-24-26(17-23)36-19-30-24/h1-8,11,16-17,19,21,27,33H,9-10,12-15,18H2,(H,31,34). The number of piperidine rings is 1. The normalized spacial score (nSPS) is 15.6. The molecule has 7 nitrogen and oxygen atoms in total. The van der Waals surface area contributed by atoms with Crippen LogP contribution in [0.15, 0.2) is 72.4 Å². The summed E-state index contributed by atoms with van der Waals surface area (Å²) in [6.07, 6.45) is 3.36. The second-order valence-electron chi connectivity index (χ2n) is 9.05. The summed E-state index contributed by atoms with van der Waals surface area (Å²) in [5.74, 6) is 0.879. The summed E-state index contributed by atoms with van der Waals surface area (Å²) < 4.78 is 7.09. The van der Waals surface area contributed by atoms with Gasteiger partial charge in [-0.15, -0.1) is 11.3 Å². The number of thiazole rings is 1. The lowest BCUT2D eigenvalue weighted by molar-refractivity contribution is -0.127. The van der Waals surface area contributed by atoms with E-state index in [-0.39, 0.29) is 24.5 Å². The van der Waals surface area contributed by atoms with Crippen LogP contribution in [0.25, 0.3) is 10.2 Å². The molecule has 186 valence electrons. The van der Waals surface area contributed by atoms with Crippen molar-refractivity contribution in [2.24, 2.45) is 5.92 Å². The highest BCUT2D eigenvalue weighted by Gasteiger charge is 2.28. The Hall–Kier alpha value is -3.33. The Morgan fingerprint density at radius 2 is 2.00 bits per heavy atom. The Morgan fingerprint density at radius 1 is 1.11 bits per heavy atom. The molecule has 3 heterocycles. The Labute approximate surface area is 214 Å². The zero-order valence-corrected chi connectivity index (χ0v) is 20.9. The number of likely N-dealkylation sites (tertiary alicyclic amines) is 1. The molecule has 0 bridgehead atoms. The second kappa shape index (κ2) is 11.6. The van der Waals surface area contributed by atoms with Gasteiger partial charge in [0.25, 0.3) is 0 Å². The molecule has 0 radical (unpaired) electrons. The first-order valence-corrected chi connectivity index (χ1v) is 13.2. The first-order valence-electron chi connectivity index (χ1n) is 12.3. The molecule has 1 saturated heterocycles. The van der Waals surface area contributed by atoms with E-state index >= 15 is 0 Å². The van der Waals surface area contributed by atoms with E-state index in [4.69, 9.17) is 4.74 Å². The molecule has 1 unspecified atom stereocenters.